The summed E-state index contributed by atoms with van der Waals surface area (Å²) < 4.78 is 96.5. The van der Waals surface area contributed by atoms with Crippen molar-refractivity contribution in [3.8, 4) is 5.75 Å². The van der Waals surface area contributed by atoms with Crippen molar-refractivity contribution in [2.24, 2.45) is 22.9 Å². The highest BCUT2D eigenvalue weighted by Crippen LogP contribution is 2.56. The molecule has 0 fully saturated rings. The molecule has 0 bridgehead atoms. The van der Waals surface area contributed by atoms with Gasteiger partial charge in [0.05, 0.1) is 0 Å². The van der Waals surface area contributed by atoms with Crippen LogP contribution in [-0.4, -0.2) is 35.9 Å². The predicted molar refractivity (Wildman–Crippen MR) is 108 cm³/mol. The van der Waals surface area contributed by atoms with Crippen molar-refractivity contribution < 1.29 is 35.8 Å². The van der Waals surface area contributed by atoms with E-state index in [2.05, 4.69) is 0 Å². The second kappa shape index (κ2) is 8.29. The first-order valence-electron chi connectivity index (χ1n) is 9.57. The van der Waals surface area contributed by atoms with Gasteiger partial charge >= 0.3 is 12.4 Å². The first-order chi connectivity index (χ1) is 15.1. The molecular formula is C21H22F6N4O2. The molecule has 0 aliphatic heterocycles. The van der Waals surface area contributed by atoms with Crippen molar-refractivity contribution in [3.63, 3.8) is 0 Å². The van der Waals surface area contributed by atoms with Crippen LogP contribution in [0.3, 0.4) is 0 Å². The molecule has 0 radical (unpaired) electrons. The van der Waals surface area contributed by atoms with Gasteiger partial charge in [-0.15, -0.1) is 0 Å². The molecule has 0 aromatic heterocycles. The average Bonchev–Trinajstić information content (AvgIpc) is 2.67. The van der Waals surface area contributed by atoms with Gasteiger partial charge in [-0.3, -0.25) is 0 Å². The van der Waals surface area contributed by atoms with E-state index in [0.717, 1.165) is 24.3 Å². The SMILES string of the molecule is NC1(N)C=CC=CC1Oc1ccccc1C(OC1C=CC=CC1(N)N)(C(F)(F)F)C(F)(F)F. The van der Waals surface area contributed by atoms with E-state index in [4.69, 9.17) is 32.4 Å². The number of para-hydroxylation sites is 1. The van der Waals surface area contributed by atoms with E-state index in [9.17, 15) is 26.3 Å². The highest BCUT2D eigenvalue weighted by atomic mass is 19.4. The summed E-state index contributed by atoms with van der Waals surface area (Å²) in [5.41, 5.74) is 13.1. The van der Waals surface area contributed by atoms with Crippen molar-refractivity contribution in [1.82, 2.24) is 0 Å². The van der Waals surface area contributed by atoms with Gasteiger partial charge in [-0.1, -0.05) is 48.6 Å². The fourth-order valence-electron chi connectivity index (χ4n) is 3.43. The Morgan fingerprint density at radius 3 is 1.67 bits per heavy atom. The summed E-state index contributed by atoms with van der Waals surface area (Å²) >= 11 is 0. The van der Waals surface area contributed by atoms with E-state index in [-0.39, 0.29) is 0 Å². The Morgan fingerprint density at radius 2 is 1.18 bits per heavy atom. The van der Waals surface area contributed by atoms with E-state index in [1.165, 1.54) is 42.5 Å². The zero-order valence-electron chi connectivity index (χ0n) is 17.0. The molecule has 2 aliphatic rings. The Balaban J connectivity index is 2.19. The highest BCUT2D eigenvalue weighted by molar-refractivity contribution is 5.42. The minimum atomic E-state index is -6.00. The molecule has 180 valence electrons. The van der Waals surface area contributed by atoms with Gasteiger partial charge in [0, 0.05) is 5.56 Å². The lowest BCUT2D eigenvalue weighted by Gasteiger charge is -2.43. The molecule has 33 heavy (non-hydrogen) atoms. The monoisotopic (exact) mass is 476 g/mol. The normalized spacial score (nSPS) is 24.2. The number of halogens is 6. The number of hydrogen-bond acceptors (Lipinski definition) is 6. The van der Waals surface area contributed by atoms with Gasteiger partial charge in [0.1, 0.15) is 23.2 Å². The Kier molecular flexibility index (Phi) is 6.28. The fraction of sp³-hybridized carbons (Fsp3) is 0.333. The lowest BCUT2D eigenvalue weighted by Crippen LogP contribution is -2.65. The number of rotatable bonds is 5. The van der Waals surface area contributed by atoms with Gasteiger partial charge in [0.15, 0.2) is 6.10 Å². The molecule has 0 heterocycles. The van der Waals surface area contributed by atoms with Crippen molar-refractivity contribution in [3.05, 3.63) is 78.4 Å². The molecule has 0 saturated carbocycles. The summed E-state index contributed by atoms with van der Waals surface area (Å²) in [6.45, 7) is 0. The van der Waals surface area contributed by atoms with Crippen LogP contribution in [0.25, 0.3) is 0 Å². The molecule has 0 saturated heterocycles. The second-order valence-electron chi connectivity index (χ2n) is 7.74. The zero-order valence-corrected chi connectivity index (χ0v) is 17.0. The van der Waals surface area contributed by atoms with Crippen molar-refractivity contribution >= 4 is 0 Å². The van der Waals surface area contributed by atoms with E-state index in [1.807, 2.05) is 0 Å². The molecule has 6 nitrogen and oxygen atoms in total. The van der Waals surface area contributed by atoms with Crippen LogP contribution in [0.15, 0.2) is 72.9 Å². The van der Waals surface area contributed by atoms with E-state index in [1.54, 1.807) is 0 Å². The Bertz CT molecular complexity index is 981. The summed E-state index contributed by atoms with van der Waals surface area (Å²) in [5, 5.41) is 0. The van der Waals surface area contributed by atoms with Crippen LogP contribution < -0.4 is 27.7 Å². The van der Waals surface area contributed by atoms with Gasteiger partial charge in [0.2, 0.25) is 0 Å². The van der Waals surface area contributed by atoms with Crippen LogP contribution in [0.5, 0.6) is 5.75 Å². The molecule has 3 rings (SSSR count). The standard InChI is InChI=1S/C21H22F6N4O2/c22-20(23,24)19(21(25,26)27,33-16-10-4-6-12-18(16,30)31)13-7-1-2-8-14(13)32-15-9-3-5-11-17(15,28)29/h1-12,15-16H,28-31H2. The third kappa shape index (κ3) is 4.57. The van der Waals surface area contributed by atoms with Crippen molar-refractivity contribution in [2.45, 2.75) is 41.5 Å². The zero-order chi connectivity index (χ0) is 24.7. The van der Waals surface area contributed by atoms with Crippen LogP contribution in [0.4, 0.5) is 26.3 Å². The Morgan fingerprint density at radius 1 is 0.697 bits per heavy atom. The summed E-state index contributed by atoms with van der Waals surface area (Å²) in [6.07, 6.45) is -5.33. The van der Waals surface area contributed by atoms with Crippen molar-refractivity contribution in [1.29, 1.82) is 0 Å². The lowest BCUT2D eigenvalue weighted by atomic mass is 9.89. The summed E-state index contributed by atoms with van der Waals surface area (Å²) in [7, 11) is 0. The third-order valence-corrected chi connectivity index (χ3v) is 5.17. The van der Waals surface area contributed by atoms with Gasteiger partial charge in [-0.2, -0.15) is 26.3 Å². The van der Waals surface area contributed by atoms with Gasteiger partial charge in [0.25, 0.3) is 5.60 Å². The molecule has 12 heteroatoms. The summed E-state index contributed by atoms with van der Waals surface area (Å²) in [5.74, 6) is -0.785. The Labute approximate surface area is 185 Å². The molecule has 1 aromatic rings. The number of allylic oxidation sites excluding steroid dienone is 4. The molecule has 0 spiro atoms. The smallest absolute Gasteiger partial charge is 0.431 e. The largest absolute Gasteiger partial charge is 0.482 e. The van der Waals surface area contributed by atoms with Crippen LogP contribution >= 0.6 is 0 Å². The van der Waals surface area contributed by atoms with E-state index >= 15 is 0 Å². The first-order valence-corrected chi connectivity index (χ1v) is 9.57. The topological polar surface area (TPSA) is 123 Å². The van der Waals surface area contributed by atoms with E-state index < -0.39 is 52.8 Å². The lowest BCUT2D eigenvalue weighted by molar-refractivity contribution is -0.398. The predicted octanol–water partition coefficient (Wildman–Crippen LogP) is 2.62. The fourth-order valence-corrected chi connectivity index (χ4v) is 3.43. The summed E-state index contributed by atoms with van der Waals surface area (Å²) in [4.78, 5) is 0. The number of alkyl halides is 6. The van der Waals surface area contributed by atoms with Crippen molar-refractivity contribution in [2.75, 3.05) is 0 Å². The molecule has 0 amide bonds. The van der Waals surface area contributed by atoms with Crippen LogP contribution in [0.2, 0.25) is 0 Å². The quantitative estimate of drug-likeness (QED) is 0.383. The van der Waals surface area contributed by atoms with Crippen LogP contribution in [0.1, 0.15) is 5.56 Å². The maximum atomic E-state index is 14.4. The van der Waals surface area contributed by atoms with E-state index in [0.29, 0.717) is 6.07 Å². The van der Waals surface area contributed by atoms with Gasteiger partial charge < -0.3 is 32.4 Å². The maximum absolute atomic E-state index is 14.4. The number of nitrogens with two attached hydrogens (primary N) is 4. The van der Waals surface area contributed by atoms with Crippen LogP contribution in [-0.2, 0) is 10.3 Å². The second-order valence-corrected chi connectivity index (χ2v) is 7.74. The molecule has 2 aliphatic carbocycles. The number of benzene rings is 1. The van der Waals surface area contributed by atoms with Crippen LogP contribution in [0, 0.1) is 0 Å². The molecule has 2 unspecified atom stereocenters. The number of hydrogen-bond donors (Lipinski definition) is 4. The maximum Gasteiger partial charge on any atom is 0.431 e. The molecule has 2 atom stereocenters. The average molecular weight is 476 g/mol. The first kappa shape index (κ1) is 25.0. The Hall–Kier alpha value is -2.64. The molecule has 8 N–H and O–H groups in total. The summed E-state index contributed by atoms with van der Waals surface area (Å²) in [6, 6.07) is 3.72. The molecular weight excluding hydrogens is 454 g/mol. The molecule has 1 aromatic carbocycles. The highest BCUT2D eigenvalue weighted by Gasteiger charge is 2.75. The third-order valence-electron chi connectivity index (χ3n) is 5.17. The minimum absolute atomic E-state index is 0.602. The van der Waals surface area contributed by atoms with Gasteiger partial charge in [-0.05, 0) is 24.3 Å². The minimum Gasteiger partial charge on any atom is -0.482 e. The number of ether oxygens (including phenoxy) is 2. The van der Waals surface area contributed by atoms with Gasteiger partial charge in [-0.25, -0.2) is 0 Å².